The summed E-state index contributed by atoms with van der Waals surface area (Å²) in [6, 6.07) is 0.535. The Hall–Kier alpha value is -0.970. The summed E-state index contributed by atoms with van der Waals surface area (Å²) in [6.45, 7) is 7.47. The molecule has 1 rings (SSSR count). The molecule has 5 nitrogen and oxygen atoms in total. The van der Waals surface area contributed by atoms with Crippen molar-refractivity contribution in [2.24, 2.45) is 13.0 Å². The standard InChI is InChI=1S/C9H19N5/c1-7(2)10-6-8(3)5-9-11-13-14(4)12-9/h7-8,10H,5-6H2,1-4H3. The van der Waals surface area contributed by atoms with Crippen LogP contribution in [0.15, 0.2) is 0 Å². The molecule has 1 aromatic heterocycles. The van der Waals surface area contributed by atoms with E-state index in [4.69, 9.17) is 0 Å². The highest BCUT2D eigenvalue weighted by atomic mass is 15.6. The van der Waals surface area contributed by atoms with Crippen molar-refractivity contribution in [1.29, 1.82) is 0 Å². The van der Waals surface area contributed by atoms with Crippen molar-refractivity contribution < 1.29 is 0 Å². The van der Waals surface area contributed by atoms with E-state index < -0.39 is 0 Å². The smallest absolute Gasteiger partial charge is 0.175 e. The normalized spacial score (nSPS) is 13.5. The molecule has 0 aliphatic rings. The van der Waals surface area contributed by atoms with E-state index in [0.29, 0.717) is 12.0 Å². The van der Waals surface area contributed by atoms with Gasteiger partial charge in [-0.05, 0) is 17.7 Å². The van der Waals surface area contributed by atoms with E-state index in [1.807, 2.05) is 0 Å². The highest BCUT2D eigenvalue weighted by molar-refractivity contribution is 4.80. The molecule has 0 fully saturated rings. The van der Waals surface area contributed by atoms with Gasteiger partial charge >= 0.3 is 0 Å². The lowest BCUT2D eigenvalue weighted by Crippen LogP contribution is -2.28. The quantitative estimate of drug-likeness (QED) is 0.741. The monoisotopic (exact) mass is 197 g/mol. The van der Waals surface area contributed by atoms with Crippen molar-refractivity contribution in [3.05, 3.63) is 5.82 Å². The summed E-state index contributed by atoms with van der Waals surface area (Å²) in [7, 11) is 1.79. The lowest BCUT2D eigenvalue weighted by Gasteiger charge is -2.12. The zero-order valence-electron chi connectivity index (χ0n) is 9.36. The lowest BCUT2D eigenvalue weighted by atomic mass is 10.1. The van der Waals surface area contributed by atoms with E-state index in [1.54, 1.807) is 7.05 Å². The van der Waals surface area contributed by atoms with Crippen LogP contribution in [0.3, 0.4) is 0 Å². The second kappa shape index (κ2) is 5.05. The summed E-state index contributed by atoms with van der Waals surface area (Å²) >= 11 is 0. The molecule has 80 valence electrons. The van der Waals surface area contributed by atoms with Gasteiger partial charge in [-0.1, -0.05) is 20.8 Å². The second-order valence-electron chi connectivity index (χ2n) is 4.07. The summed E-state index contributed by atoms with van der Waals surface area (Å²) in [4.78, 5) is 1.50. The third-order valence-corrected chi connectivity index (χ3v) is 1.96. The van der Waals surface area contributed by atoms with Crippen LogP contribution < -0.4 is 5.32 Å². The van der Waals surface area contributed by atoms with Crippen molar-refractivity contribution in [3.63, 3.8) is 0 Å². The maximum Gasteiger partial charge on any atom is 0.175 e. The summed E-state index contributed by atoms with van der Waals surface area (Å²) < 4.78 is 0. The van der Waals surface area contributed by atoms with Crippen LogP contribution in [0.5, 0.6) is 0 Å². The van der Waals surface area contributed by atoms with Crippen LogP contribution in [0.25, 0.3) is 0 Å². The second-order valence-corrected chi connectivity index (χ2v) is 4.07. The summed E-state index contributed by atoms with van der Waals surface area (Å²) in [5.41, 5.74) is 0. The molecule has 1 unspecified atom stereocenters. The number of aryl methyl sites for hydroxylation is 1. The first-order chi connectivity index (χ1) is 6.58. The molecule has 14 heavy (non-hydrogen) atoms. The molecule has 0 aromatic carbocycles. The topological polar surface area (TPSA) is 55.6 Å². The number of aromatic nitrogens is 4. The van der Waals surface area contributed by atoms with Crippen molar-refractivity contribution in [2.75, 3.05) is 6.54 Å². The fourth-order valence-corrected chi connectivity index (χ4v) is 1.23. The molecule has 1 aromatic rings. The number of hydrogen-bond donors (Lipinski definition) is 1. The molecule has 5 heteroatoms. The Morgan fingerprint density at radius 1 is 1.36 bits per heavy atom. The number of rotatable bonds is 5. The Labute approximate surface area is 84.9 Å². The Bertz CT molecular complexity index is 268. The third kappa shape index (κ3) is 3.83. The molecule has 1 atom stereocenters. The van der Waals surface area contributed by atoms with Crippen LogP contribution in [-0.2, 0) is 13.5 Å². The van der Waals surface area contributed by atoms with Gasteiger partial charge in [0.2, 0.25) is 0 Å². The van der Waals surface area contributed by atoms with Crippen molar-refractivity contribution in [2.45, 2.75) is 33.2 Å². The van der Waals surface area contributed by atoms with Gasteiger partial charge in [0, 0.05) is 12.5 Å². The molecular formula is C9H19N5. The molecule has 0 radical (unpaired) electrons. The summed E-state index contributed by atoms with van der Waals surface area (Å²) in [6.07, 6.45) is 0.883. The van der Waals surface area contributed by atoms with Crippen LogP contribution in [0.2, 0.25) is 0 Å². The van der Waals surface area contributed by atoms with Crippen LogP contribution in [-0.4, -0.2) is 32.8 Å². The highest BCUT2D eigenvalue weighted by Gasteiger charge is 2.08. The molecule has 1 heterocycles. The van der Waals surface area contributed by atoms with Crippen LogP contribution in [0.4, 0.5) is 0 Å². The van der Waals surface area contributed by atoms with Crippen molar-refractivity contribution in [1.82, 2.24) is 25.5 Å². The average molecular weight is 197 g/mol. The van der Waals surface area contributed by atoms with Crippen molar-refractivity contribution in [3.8, 4) is 0 Å². The Kier molecular flexibility index (Phi) is 4.00. The fraction of sp³-hybridized carbons (Fsp3) is 0.889. The van der Waals surface area contributed by atoms with Gasteiger partial charge in [-0.2, -0.15) is 4.80 Å². The third-order valence-electron chi connectivity index (χ3n) is 1.96. The molecule has 0 aliphatic carbocycles. The first-order valence-corrected chi connectivity index (χ1v) is 5.04. The van der Waals surface area contributed by atoms with Gasteiger partial charge in [0.1, 0.15) is 0 Å². The molecule has 0 bridgehead atoms. The van der Waals surface area contributed by atoms with E-state index in [2.05, 4.69) is 41.5 Å². The minimum absolute atomic E-state index is 0.535. The number of tetrazole rings is 1. The minimum Gasteiger partial charge on any atom is -0.314 e. The Morgan fingerprint density at radius 3 is 2.57 bits per heavy atom. The first kappa shape index (κ1) is 11.1. The molecule has 0 amide bonds. The van der Waals surface area contributed by atoms with E-state index in [0.717, 1.165) is 18.8 Å². The fourth-order valence-electron chi connectivity index (χ4n) is 1.23. The van der Waals surface area contributed by atoms with Crippen LogP contribution in [0, 0.1) is 5.92 Å². The van der Waals surface area contributed by atoms with E-state index in [9.17, 15) is 0 Å². The number of nitrogens with one attached hydrogen (secondary N) is 1. The Balaban J connectivity index is 2.30. The van der Waals surface area contributed by atoms with Crippen LogP contribution >= 0.6 is 0 Å². The molecule has 1 N–H and O–H groups in total. The SMILES string of the molecule is CC(CNC(C)C)Cc1nnn(C)n1. The minimum atomic E-state index is 0.535. The largest absolute Gasteiger partial charge is 0.314 e. The predicted octanol–water partition coefficient (Wildman–Crippen LogP) is 0.387. The van der Waals surface area contributed by atoms with E-state index in [1.165, 1.54) is 4.80 Å². The lowest BCUT2D eigenvalue weighted by molar-refractivity contribution is 0.468. The van der Waals surface area contributed by atoms with Gasteiger partial charge in [0.25, 0.3) is 0 Å². The van der Waals surface area contributed by atoms with Gasteiger partial charge in [-0.25, -0.2) is 0 Å². The molecule has 0 saturated heterocycles. The highest BCUT2D eigenvalue weighted by Crippen LogP contribution is 2.01. The average Bonchev–Trinajstić information content (AvgIpc) is 2.48. The first-order valence-electron chi connectivity index (χ1n) is 5.04. The molecule has 0 saturated carbocycles. The van der Waals surface area contributed by atoms with E-state index in [-0.39, 0.29) is 0 Å². The number of nitrogens with zero attached hydrogens (tertiary/aromatic N) is 4. The molecular weight excluding hydrogens is 178 g/mol. The Morgan fingerprint density at radius 2 is 2.07 bits per heavy atom. The van der Waals surface area contributed by atoms with Gasteiger partial charge in [-0.3, -0.25) is 0 Å². The van der Waals surface area contributed by atoms with Crippen molar-refractivity contribution >= 4 is 0 Å². The van der Waals surface area contributed by atoms with Gasteiger partial charge in [0.05, 0.1) is 7.05 Å². The van der Waals surface area contributed by atoms with Crippen LogP contribution in [0.1, 0.15) is 26.6 Å². The van der Waals surface area contributed by atoms with E-state index >= 15 is 0 Å². The molecule has 0 spiro atoms. The zero-order chi connectivity index (χ0) is 10.6. The maximum atomic E-state index is 4.14. The summed E-state index contributed by atoms with van der Waals surface area (Å²) in [5, 5.41) is 15.3. The number of hydrogen-bond acceptors (Lipinski definition) is 4. The van der Waals surface area contributed by atoms with Gasteiger partial charge in [-0.15, -0.1) is 10.2 Å². The summed E-state index contributed by atoms with van der Waals surface area (Å²) in [5.74, 6) is 1.37. The van der Waals surface area contributed by atoms with Gasteiger partial charge < -0.3 is 5.32 Å². The van der Waals surface area contributed by atoms with Gasteiger partial charge in [0.15, 0.2) is 5.82 Å². The zero-order valence-corrected chi connectivity index (χ0v) is 9.36. The molecule has 0 aliphatic heterocycles. The predicted molar refractivity (Wildman–Crippen MR) is 54.8 cm³/mol. The maximum absolute atomic E-state index is 4.14.